The lowest BCUT2D eigenvalue weighted by Gasteiger charge is -2.12. The molecule has 2 aromatic rings. The minimum absolute atomic E-state index is 0.106. The molecule has 0 aromatic carbocycles. The van der Waals surface area contributed by atoms with Gasteiger partial charge in [-0.1, -0.05) is 30.0 Å². The molecule has 7 heteroatoms. The van der Waals surface area contributed by atoms with Crippen LogP contribution in [0.5, 0.6) is 0 Å². The summed E-state index contributed by atoms with van der Waals surface area (Å²) in [4.78, 5) is 19.1. The van der Waals surface area contributed by atoms with Crippen LogP contribution in [0.1, 0.15) is 12.6 Å². The number of fused-ring (bicyclic) bond motifs is 1. The fourth-order valence-corrected chi connectivity index (χ4v) is 2.77. The Balaban J connectivity index is 2.43. The van der Waals surface area contributed by atoms with Crippen LogP contribution >= 0.6 is 23.1 Å². The Bertz CT molecular complexity index is 577. The number of nitrogens with zero attached hydrogens (tertiary/aromatic N) is 4. The molecule has 0 aliphatic heterocycles. The molecule has 0 saturated heterocycles. The largest absolute Gasteiger partial charge is 0.301 e. The summed E-state index contributed by atoms with van der Waals surface area (Å²) in [7, 11) is 2.00. The first-order valence-electron chi connectivity index (χ1n) is 5.26. The molecule has 17 heavy (non-hydrogen) atoms. The van der Waals surface area contributed by atoms with Crippen LogP contribution in [-0.4, -0.2) is 39.3 Å². The highest BCUT2D eigenvalue weighted by Gasteiger charge is 2.09. The molecule has 0 saturated carbocycles. The third-order valence-corrected chi connectivity index (χ3v) is 4.31. The average Bonchev–Trinajstić information content (AvgIpc) is 2.72. The zero-order chi connectivity index (χ0) is 12.4. The van der Waals surface area contributed by atoms with Crippen molar-refractivity contribution in [2.45, 2.75) is 17.8 Å². The summed E-state index contributed by atoms with van der Waals surface area (Å²) in [5, 5.41) is 4.18. The van der Waals surface area contributed by atoms with Crippen LogP contribution in [0.4, 0.5) is 0 Å². The fraction of sp³-hybridized carbons (Fsp3) is 0.500. The SMILES string of the molecule is CCN(C)Cc1cc(=O)n2nc(SC)sc2n1. The molecule has 0 aliphatic rings. The molecule has 92 valence electrons. The lowest BCUT2D eigenvalue weighted by Crippen LogP contribution is -2.21. The van der Waals surface area contributed by atoms with Crippen molar-refractivity contribution >= 4 is 28.1 Å². The van der Waals surface area contributed by atoms with Gasteiger partial charge in [-0.3, -0.25) is 4.79 Å². The van der Waals surface area contributed by atoms with Gasteiger partial charge in [0.15, 0.2) is 4.34 Å². The van der Waals surface area contributed by atoms with Crippen molar-refractivity contribution in [3.63, 3.8) is 0 Å². The minimum atomic E-state index is -0.106. The number of thioether (sulfide) groups is 1. The van der Waals surface area contributed by atoms with Gasteiger partial charge in [0.2, 0.25) is 4.96 Å². The van der Waals surface area contributed by atoms with E-state index in [4.69, 9.17) is 0 Å². The number of hydrogen-bond donors (Lipinski definition) is 0. The summed E-state index contributed by atoms with van der Waals surface area (Å²) < 4.78 is 2.22. The molecule has 0 aliphatic carbocycles. The Morgan fingerprint density at radius 1 is 1.59 bits per heavy atom. The van der Waals surface area contributed by atoms with Crippen LogP contribution in [0.3, 0.4) is 0 Å². The standard InChI is InChI=1S/C10H14N4OS2/c1-4-13(2)6-7-5-8(15)14-9(11-7)17-10(12-14)16-3/h5H,4,6H2,1-3H3. The Morgan fingerprint density at radius 3 is 3.00 bits per heavy atom. The number of rotatable bonds is 4. The molecule has 5 nitrogen and oxygen atoms in total. The normalized spacial score (nSPS) is 11.5. The van der Waals surface area contributed by atoms with Gasteiger partial charge < -0.3 is 4.90 Å². The van der Waals surface area contributed by atoms with E-state index >= 15 is 0 Å². The molecule has 0 N–H and O–H groups in total. The first-order chi connectivity index (χ1) is 8.13. The summed E-state index contributed by atoms with van der Waals surface area (Å²) >= 11 is 2.97. The highest BCUT2D eigenvalue weighted by molar-refractivity contribution is 8.00. The van der Waals surface area contributed by atoms with Gasteiger partial charge in [0.25, 0.3) is 5.56 Å². The number of hydrogen-bond acceptors (Lipinski definition) is 6. The highest BCUT2D eigenvalue weighted by Crippen LogP contribution is 2.20. The van der Waals surface area contributed by atoms with Crippen LogP contribution in [0.25, 0.3) is 4.96 Å². The van der Waals surface area contributed by atoms with Crippen molar-refractivity contribution in [1.82, 2.24) is 19.5 Å². The van der Waals surface area contributed by atoms with E-state index in [1.807, 2.05) is 13.3 Å². The molecule has 0 radical (unpaired) electrons. The molecule has 2 heterocycles. The van der Waals surface area contributed by atoms with Crippen LogP contribution in [-0.2, 0) is 6.54 Å². The minimum Gasteiger partial charge on any atom is -0.301 e. The molecular formula is C10H14N4OS2. The maximum Gasteiger partial charge on any atom is 0.275 e. The topological polar surface area (TPSA) is 50.5 Å². The molecule has 0 unspecified atom stereocenters. The predicted octanol–water partition coefficient (Wildman–Crippen LogP) is 1.32. The van der Waals surface area contributed by atoms with E-state index in [2.05, 4.69) is 21.9 Å². The highest BCUT2D eigenvalue weighted by atomic mass is 32.2. The van der Waals surface area contributed by atoms with Crippen LogP contribution < -0.4 is 5.56 Å². The van der Waals surface area contributed by atoms with Gasteiger partial charge in [0.05, 0.1) is 5.69 Å². The lowest BCUT2D eigenvalue weighted by atomic mass is 10.4. The van der Waals surface area contributed by atoms with Crippen molar-refractivity contribution < 1.29 is 0 Å². The predicted molar refractivity (Wildman–Crippen MR) is 70.9 cm³/mol. The summed E-state index contributed by atoms with van der Waals surface area (Å²) in [6, 6.07) is 1.56. The molecule has 0 atom stereocenters. The van der Waals surface area contributed by atoms with Crippen molar-refractivity contribution in [3.8, 4) is 0 Å². The third-order valence-electron chi connectivity index (χ3n) is 2.43. The summed E-state index contributed by atoms with van der Waals surface area (Å²) in [5.41, 5.74) is 0.696. The Labute approximate surface area is 107 Å². The molecule has 0 bridgehead atoms. The average molecular weight is 270 g/mol. The van der Waals surface area contributed by atoms with E-state index in [-0.39, 0.29) is 5.56 Å². The second-order valence-corrected chi connectivity index (χ2v) is 5.69. The second kappa shape index (κ2) is 5.16. The van der Waals surface area contributed by atoms with E-state index in [9.17, 15) is 4.79 Å². The lowest BCUT2D eigenvalue weighted by molar-refractivity contribution is 0.341. The molecule has 0 fully saturated rings. The van der Waals surface area contributed by atoms with Crippen LogP contribution in [0, 0.1) is 0 Å². The van der Waals surface area contributed by atoms with Crippen LogP contribution in [0.15, 0.2) is 15.2 Å². The molecular weight excluding hydrogens is 256 g/mol. The molecule has 2 rings (SSSR count). The van der Waals surface area contributed by atoms with Crippen molar-refractivity contribution in [2.75, 3.05) is 19.8 Å². The third kappa shape index (κ3) is 2.67. The van der Waals surface area contributed by atoms with E-state index in [1.54, 1.807) is 6.07 Å². The van der Waals surface area contributed by atoms with Gasteiger partial charge in [-0.15, -0.1) is 5.10 Å². The molecule has 2 aromatic heterocycles. The summed E-state index contributed by atoms with van der Waals surface area (Å²) in [6.45, 7) is 3.69. The molecule has 0 spiro atoms. The van der Waals surface area contributed by atoms with Crippen LogP contribution in [0.2, 0.25) is 0 Å². The van der Waals surface area contributed by atoms with Crippen molar-refractivity contribution in [2.24, 2.45) is 0 Å². The van der Waals surface area contributed by atoms with E-state index in [0.29, 0.717) is 11.5 Å². The van der Waals surface area contributed by atoms with Gasteiger partial charge in [-0.2, -0.15) is 4.52 Å². The number of aromatic nitrogens is 3. The van der Waals surface area contributed by atoms with Gasteiger partial charge in [-0.05, 0) is 19.8 Å². The fourth-order valence-electron chi connectivity index (χ4n) is 1.39. The maximum atomic E-state index is 11.8. The monoisotopic (exact) mass is 270 g/mol. The summed E-state index contributed by atoms with van der Waals surface area (Å²) in [5.74, 6) is 0. The summed E-state index contributed by atoms with van der Waals surface area (Å²) in [6.07, 6.45) is 1.94. The maximum absolute atomic E-state index is 11.8. The molecule has 0 amide bonds. The van der Waals surface area contributed by atoms with E-state index in [0.717, 1.165) is 16.6 Å². The van der Waals surface area contributed by atoms with Gasteiger partial charge in [0.1, 0.15) is 0 Å². The zero-order valence-electron chi connectivity index (χ0n) is 10.0. The Kier molecular flexibility index (Phi) is 3.80. The Hall–Kier alpha value is -0.920. The quantitative estimate of drug-likeness (QED) is 0.784. The van der Waals surface area contributed by atoms with E-state index < -0.39 is 0 Å². The Morgan fingerprint density at radius 2 is 2.35 bits per heavy atom. The first-order valence-corrected chi connectivity index (χ1v) is 7.30. The van der Waals surface area contributed by atoms with Gasteiger partial charge in [0, 0.05) is 12.6 Å². The van der Waals surface area contributed by atoms with Gasteiger partial charge >= 0.3 is 0 Å². The van der Waals surface area contributed by atoms with Crippen molar-refractivity contribution in [1.29, 1.82) is 0 Å². The smallest absolute Gasteiger partial charge is 0.275 e. The van der Waals surface area contributed by atoms with Crippen molar-refractivity contribution in [3.05, 3.63) is 22.1 Å². The second-order valence-electron chi connectivity index (χ2n) is 3.68. The van der Waals surface area contributed by atoms with Gasteiger partial charge in [-0.25, -0.2) is 4.98 Å². The van der Waals surface area contributed by atoms with E-state index in [1.165, 1.54) is 27.6 Å². The first kappa shape index (κ1) is 12.5. The zero-order valence-corrected chi connectivity index (χ0v) is 11.6.